The third kappa shape index (κ3) is 24.8. The van der Waals surface area contributed by atoms with Gasteiger partial charge in [0, 0.05) is 0 Å². The van der Waals surface area contributed by atoms with Crippen LogP contribution < -0.4 is 0 Å². The van der Waals surface area contributed by atoms with Gasteiger partial charge < -0.3 is 18.9 Å². The van der Waals surface area contributed by atoms with Crippen LogP contribution in [0.5, 0.6) is 0 Å². The molecule has 0 aliphatic rings. The third-order valence-corrected chi connectivity index (χ3v) is 6.90. The smallest absolute Gasteiger partial charge is 0.435 e. The molecule has 0 amide bonds. The van der Waals surface area contributed by atoms with Crippen molar-refractivity contribution in [1.82, 2.24) is 0 Å². The van der Waals surface area contributed by atoms with E-state index in [4.69, 9.17) is 18.5 Å². The molecule has 0 aromatic rings. The van der Waals surface area contributed by atoms with Gasteiger partial charge in [-0.05, 0) is 13.3 Å². The third-order valence-electron chi connectivity index (χ3n) is 5.83. The Morgan fingerprint density at radius 1 is 0.800 bits per heavy atom. The first-order chi connectivity index (χ1) is 16.6. The van der Waals surface area contributed by atoms with Crippen molar-refractivity contribution in [2.45, 2.75) is 116 Å². The van der Waals surface area contributed by atoms with Crippen LogP contribution in [0.2, 0.25) is 0 Å². The lowest BCUT2D eigenvalue weighted by atomic mass is 10.0. The minimum Gasteiger partial charge on any atom is -0.435 e. The summed E-state index contributed by atoms with van der Waals surface area (Å²) < 4.78 is 33.2. The highest BCUT2D eigenvalue weighted by molar-refractivity contribution is 7.47. The molecule has 2 atom stereocenters. The Balaban J connectivity index is 4.11. The van der Waals surface area contributed by atoms with Gasteiger partial charge in [-0.3, -0.25) is 9.05 Å². The summed E-state index contributed by atoms with van der Waals surface area (Å²) in [4.78, 5) is 21.6. The van der Waals surface area contributed by atoms with Gasteiger partial charge in [-0.25, -0.2) is 9.36 Å². The predicted molar refractivity (Wildman–Crippen MR) is 141 cm³/mol. The maximum absolute atomic E-state index is 12.4. The monoisotopic (exact) mass is 524 g/mol. The van der Waals surface area contributed by atoms with Crippen LogP contribution in [-0.2, 0) is 23.1 Å². The van der Waals surface area contributed by atoms with E-state index < -0.39 is 20.1 Å². The highest BCUT2D eigenvalue weighted by Crippen LogP contribution is 2.45. The van der Waals surface area contributed by atoms with E-state index in [9.17, 15) is 14.3 Å². The van der Waals surface area contributed by atoms with Gasteiger partial charge in [0.1, 0.15) is 25.9 Å². The van der Waals surface area contributed by atoms with Crippen LogP contribution in [0, 0.1) is 0 Å². The SMILES string of the molecule is CCCCCCCCCCCCCCCCC(COC(=O)OCC)OP(=O)(O)OCC[N+](C)(C)C. The number of likely N-dealkylation sites (N-methyl/N-ethyl adjacent to an activating group) is 1. The van der Waals surface area contributed by atoms with Crippen molar-refractivity contribution in [2.75, 3.05) is 47.5 Å². The quantitative estimate of drug-likeness (QED) is 0.0616. The van der Waals surface area contributed by atoms with Gasteiger partial charge in [0.2, 0.25) is 0 Å². The molecule has 2 unspecified atom stereocenters. The highest BCUT2D eigenvalue weighted by atomic mass is 31.2. The average molecular weight is 525 g/mol. The van der Waals surface area contributed by atoms with Gasteiger partial charge in [-0.1, -0.05) is 96.8 Å². The summed E-state index contributed by atoms with van der Waals surface area (Å²) in [5.74, 6) is 0. The number of rotatable bonds is 24. The van der Waals surface area contributed by atoms with Crippen molar-refractivity contribution in [3.63, 3.8) is 0 Å². The molecule has 0 saturated heterocycles. The Kier molecular flexibility index (Phi) is 21.0. The van der Waals surface area contributed by atoms with E-state index in [1.807, 2.05) is 21.1 Å². The molecule has 8 nitrogen and oxygen atoms in total. The summed E-state index contributed by atoms with van der Waals surface area (Å²) in [6.45, 7) is 4.67. The number of carbonyl (C=O) groups is 1. The second-order valence-electron chi connectivity index (χ2n) is 10.4. The molecule has 1 N–H and O–H groups in total. The molecule has 0 spiro atoms. The van der Waals surface area contributed by atoms with E-state index in [0.717, 1.165) is 19.3 Å². The Labute approximate surface area is 215 Å². The molecule has 35 heavy (non-hydrogen) atoms. The van der Waals surface area contributed by atoms with Gasteiger partial charge in [0.05, 0.1) is 27.7 Å². The molecule has 0 aromatic heterocycles. The minimum absolute atomic E-state index is 0.0988. The predicted octanol–water partition coefficient (Wildman–Crippen LogP) is 7.24. The van der Waals surface area contributed by atoms with Crippen LogP contribution in [0.25, 0.3) is 0 Å². The van der Waals surface area contributed by atoms with E-state index >= 15 is 0 Å². The van der Waals surface area contributed by atoms with Crippen LogP contribution in [0.3, 0.4) is 0 Å². The Morgan fingerprint density at radius 3 is 1.74 bits per heavy atom. The molecule has 0 rings (SSSR count). The lowest BCUT2D eigenvalue weighted by Crippen LogP contribution is -2.37. The van der Waals surface area contributed by atoms with Gasteiger partial charge in [-0.2, -0.15) is 0 Å². The van der Waals surface area contributed by atoms with E-state index in [0.29, 0.717) is 17.4 Å². The molecule has 0 heterocycles. The minimum atomic E-state index is -4.24. The van der Waals surface area contributed by atoms with Crippen LogP contribution in [0.4, 0.5) is 4.79 Å². The summed E-state index contributed by atoms with van der Waals surface area (Å²) in [7, 11) is 1.67. The zero-order chi connectivity index (χ0) is 26.4. The lowest BCUT2D eigenvalue weighted by Gasteiger charge is -2.25. The first kappa shape index (κ1) is 34.3. The Morgan fingerprint density at radius 2 is 1.29 bits per heavy atom. The number of carbonyl (C=O) groups excluding carboxylic acids is 1. The number of nitrogens with zero attached hydrogens (tertiary/aromatic N) is 1. The van der Waals surface area contributed by atoms with Crippen LogP contribution in [0.1, 0.15) is 110 Å². The lowest BCUT2D eigenvalue weighted by molar-refractivity contribution is -0.870. The van der Waals surface area contributed by atoms with Crippen molar-refractivity contribution in [3.05, 3.63) is 0 Å². The molecule has 0 aliphatic carbocycles. The zero-order valence-electron chi connectivity index (χ0n) is 23.3. The van der Waals surface area contributed by atoms with Crippen molar-refractivity contribution in [1.29, 1.82) is 0 Å². The van der Waals surface area contributed by atoms with E-state index in [1.165, 1.54) is 70.6 Å². The molecule has 0 fully saturated rings. The molecule has 0 bridgehead atoms. The van der Waals surface area contributed by atoms with Gasteiger partial charge in [-0.15, -0.1) is 0 Å². The topological polar surface area (TPSA) is 91.3 Å². The summed E-state index contributed by atoms with van der Waals surface area (Å²) >= 11 is 0. The average Bonchev–Trinajstić information content (AvgIpc) is 2.76. The first-order valence-electron chi connectivity index (χ1n) is 13.9. The number of phosphoric ester groups is 1. The standard InChI is InChI=1S/C26H54NO7P/c1-6-8-9-10-11-12-13-14-15-16-17-18-19-20-21-25(24-32-26(28)31-7-2)34-35(29,30)33-23-22-27(3,4)5/h25H,6-24H2,1-5H3/p+1. The van der Waals surface area contributed by atoms with Crippen molar-refractivity contribution in [3.8, 4) is 0 Å². The second kappa shape index (κ2) is 21.4. The fourth-order valence-electron chi connectivity index (χ4n) is 3.70. The van der Waals surface area contributed by atoms with E-state index in [2.05, 4.69) is 6.92 Å². The maximum Gasteiger partial charge on any atom is 0.508 e. The highest BCUT2D eigenvalue weighted by Gasteiger charge is 2.28. The fourth-order valence-corrected chi connectivity index (χ4v) is 4.62. The maximum atomic E-state index is 12.4. The molecular weight excluding hydrogens is 469 g/mol. The first-order valence-corrected chi connectivity index (χ1v) is 15.3. The number of ether oxygens (including phenoxy) is 2. The van der Waals surface area contributed by atoms with Crippen LogP contribution in [0.15, 0.2) is 0 Å². The Bertz CT molecular complexity index is 554. The van der Waals surface area contributed by atoms with E-state index in [-0.39, 0.29) is 19.8 Å². The summed E-state index contributed by atoms with van der Waals surface area (Å²) in [5, 5.41) is 0. The number of quaternary nitrogens is 1. The number of hydrogen-bond acceptors (Lipinski definition) is 6. The molecule has 0 radical (unpaired) electrons. The van der Waals surface area contributed by atoms with Crippen molar-refractivity contribution < 1.29 is 37.3 Å². The largest absolute Gasteiger partial charge is 0.508 e. The normalized spacial score (nSPS) is 14.5. The molecule has 210 valence electrons. The van der Waals surface area contributed by atoms with Crippen LogP contribution >= 0.6 is 7.82 Å². The number of unbranched alkanes of at least 4 members (excludes halogenated alkanes) is 13. The molecule has 0 aromatic carbocycles. The van der Waals surface area contributed by atoms with Gasteiger partial charge in [0.15, 0.2) is 0 Å². The Hall–Kier alpha value is -0.660. The molecule has 9 heteroatoms. The number of phosphoric acid groups is 1. The molecule has 0 saturated carbocycles. The van der Waals surface area contributed by atoms with Gasteiger partial charge >= 0.3 is 14.0 Å². The summed E-state index contributed by atoms with van der Waals surface area (Å²) in [5.41, 5.74) is 0. The van der Waals surface area contributed by atoms with Crippen LogP contribution in [-0.4, -0.2) is 69.1 Å². The van der Waals surface area contributed by atoms with E-state index in [1.54, 1.807) is 6.92 Å². The zero-order valence-corrected chi connectivity index (χ0v) is 24.2. The summed E-state index contributed by atoms with van der Waals surface area (Å²) in [6, 6.07) is 0. The molecular formula is C26H55NO7P+. The van der Waals surface area contributed by atoms with Crippen molar-refractivity contribution in [2.24, 2.45) is 0 Å². The van der Waals surface area contributed by atoms with Crippen molar-refractivity contribution >= 4 is 14.0 Å². The molecule has 0 aliphatic heterocycles. The number of hydrogen-bond donors (Lipinski definition) is 1. The fraction of sp³-hybridized carbons (Fsp3) is 0.962. The van der Waals surface area contributed by atoms with Gasteiger partial charge in [0.25, 0.3) is 0 Å². The second-order valence-corrected chi connectivity index (χ2v) is 11.8. The summed E-state index contributed by atoms with van der Waals surface area (Å²) in [6.07, 6.45) is 16.6.